The highest BCUT2D eigenvalue weighted by molar-refractivity contribution is 5.89. The van der Waals surface area contributed by atoms with Crippen LogP contribution in [-0.4, -0.2) is 16.4 Å². The average molecular weight is 388 g/mol. The Morgan fingerprint density at radius 2 is 1.93 bits per heavy atom. The van der Waals surface area contributed by atoms with Gasteiger partial charge in [0.15, 0.2) is 5.84 Å². The van der Waals surface area contributed by atoms with Gasteiger partial charge in [-0.1, -0.05) is 12.1 Å². The minimum absolute atomic E-state index is 0.172. The first kappa shape index (κ1) is 17.3. The summed E-state index contributed by atoms with van der Waals surface area (Å²) < 4.78 is 41.7. The van der Waals surface area contributed by atoms with Crippen LogP contribution in [0.5, 0.6) is 0 Å². The van der Waals surface area contributed by atoms with E-state index in [9.17, 15) is 18.0 Å². The van der Waals surface area contributed by atoms with Gasteiger partial charge in [0.1, 0.15) is 12.1 Å². The largest absolute Gasteiger partial charge is 0.416 e. The number of aromatic nitrogens is 2. The molecule has 0 bridgehead atoms. The molecule has 0 saturated heterocycles. The van der Waals surface area contributed by atoms with Gasteiger partial charge < -0.3 is 0 Å². The summed E-state index contributed by atoms with van der Waals surface area (Å²) in [6, 6.07) is 5.30. The molecular formula is C19H17F3N5O+. The number of nitrogens with zero attached hydrogens (tertiary/aromatic N) is 5. The zero-order valence-corrected chi connectivity index (χ0v) is 15.1. The lowest BCUT2D eigenvalue weighted by atomic mass is 10.1. The molecule has 5 rings (SSSR count). The Morgan fingerprint density at radius 3 is 2.64 bits per heavy atom. The van der Waals surface area contributed by atoms with E-state index in [4.69, 9.17) is 4.99 Å². The maximum Gasteiger partial charge on any atom is 0.416 e. The second kappa shape index (κ2) is 5.83. The Kier molecular flexibility index (Phi) is 3.59. The van der Waals surface area contributed by atoms with Crippen LogP contribution in [0.2, 0.25) is 0 Å². The molecule has 1 saturated carbocycles. The lowest BCUT2D eigenvalue weighted by Gasteiger charge is -2.08. The minimum Gasteiger partial charge on any atom is -0.253 e. The Balaban J connectivity index is 1.53. The first-order valence-corrected chi connectivity index (χ1v) is 9.18. The van der Waals surface area contributed by atoms with E-state index in [-0.39, 0.29) is 29.4 Å². The van der Waals surface area contributed by atoms with Crippen LogP contribution < -0.4 is 21.1 Å². The maximum atomic E-state index is 12.7. The van der Waals surface area contributed by atoms with Gasteiger partial charge in [0.2, 0.25) is 5.36 Å². The van der Waals surface area contributed by atoms with Crippen LogP contribution in [0.25, 0.3) is 0 Å². The number of benzene rings is 1. The van der Waals surface area contributed by atoms with Crippen molar-refractivity contribution in [2.24, 2.45) is 22.0 Å². The first-order chi connectivity index (χ1) is 13.3. The van der Waals surface area contributed by atoms with E-state index < -0.39 is 11.7 Å². The summed E-state index contributed by atoms with van der Waals surface area (Å²) in [5.74, 6) is 0.951. The maximum absolute atomic E-state index is 12.7. The van der Waals surface area contributed by atoms with Gasteiger partial charge in [-0.2, -0.15) is 13.2 Å². The summed E-state index contributed by atoms with van der Waals surface area (Å²) in [5.41, 5.74) is 0.329. The zero-order valence-electron chi connectivity index (χ0n) is 15.1. The van der Waals surface area contributed by atoms with Crippen molar-refractivity contribution in [3.8, 4) is 0 Å². The van der Waals surface area contributed by atoms with Crippen LogP contribution in [0.1, 0.15) is 36.4 Å². The predicted molar refractivity (Wildman–Crippen MR) is 93.1 cm³/mol. The highest BCUT2D eigenvalue weighted by Crippen LogP contribution is 2.31. The number of amidine groups is 1. The van der Waals surface area contributed by atoms with E-state index in [2.05, 4.69) is 9.98 Å². The van der Waals surface area contributed by atoms with Crippen molar-refractivity contribution in [1.82, 2.24) is 4.57 Å². The molecule has 2 aliphatic heterocycles. The number of halogens is 3. The Morgan fingerprint density at radius 1 is 1.18 bits per heavy atom. The van der Waals surface area contributed by atoms with Crippen molar-refractivity contribution >= 4 is 11.7 Å². The molecule has 2 atom stereocenters. The molecular weight excluding hydrogens is 371 g/mol. The molecule has 1 aliphatic carbocycles. The van der Waals surface area contributed by atoms with Gasteiger partial charge in [0.05, 0.1) is 12.6 Å². The average Bonchev–Trinajstić information content (AvgIpc) is 3.33. The highest BCUT2D eigenvalue weighted by atomic mass is 19.4. The SMILES string of the molecule is Cn1c(=O)c2c([n+]3c1=N[C@H]1CCC[C@H]13)N=C(Cc1ccc(C(F)(F)F)cc1)N=2. The van der Waals surface area contributed by atoms with E-state index >= 15 is 0 Å². The van der Waals surface area contributed by atoms with Crippen molar-refractivity contribution in [2.75, 3.05) is 0 Å². The molecule has 0 amide bonds. The summed E-state index contributed by atoms with van der Waals surface area (Å²) in [5, 5.41) is 0.288. The second-order valence-electron chi connectivity index (χ2n) is 7.41. The Bertz CT molecular complexity index is 1190. The van der Waals surface area contributed by atoms with Gasteiger partial charge in [-0.05, 0) is 37.0 Å². The number of hydrogen-bond acceptors (Lipinski definition) is 4. The van der Waals surface area contributed by atoms with Gasteiger partial charge in [-0.15, -0.1) is 9.98 Å². The molecule has 3 aliphatic rings. The molecule has 1 fully saturated rings. The zero-order chi connectivity index (χ0) is 19.6. The van der Waals surface area contributed by atoms with E-state index in [1.807, 2.05) is 4.57 Å². The number of alkyl halides is 3. The van der Waals surface area contributed by atoms with Crippen molar-refractivity contribution < 1.29 is 17.7 Å². The normalized spacial score (nSPS) is 22.2. The van der Waals surface area contributed by atoms with Crippen molar-refractivity contribution in [1.29, 1.82) is 0 Å². The number of fused-ring (bicyclic) bond motifs is 5. The minimum atomic E-state index is -4.37. The smallest absolute Gasteiger partial charge is 0.253 e. The van der Waals surface area contributed by atoms with E-state index in [1.165, 1.54) is 16.7 Å². The van der Waals surface area contributed by atoms with Crippen LogP contribution in [-0.2, 0) is 19.6 Å². The van der Waals surface area contributed by atoms with E-state index in [1.54, 1.807) is 7.05 Å². The third-order valence-corrected chi connectivity index (χ3v) is 5.64. The molecule has 1 aromatic carbocycles. The Hall–Kier alpha value is -2.84. The fourth-order valence-corrected chi connectivity index (χ4v) is 4.25. The van der Waals surface area contributed by atoms with Gasteiger partial charge >= 0.3 is 17.4 Å². The summed E-state index contributed by atoms with van der Waals surface area (Å²) >= 11 is 0. The van der Waals surface area contributed by atoms with Crippen LogP contribution in [0.3, 0.4) is 0 Å². The van der Waals surface area contributed by atoms with Gasteiger partial charge in [-0.3, -0.25) is 4.79 Å². The molecule has 1 aromatic heterocycles. The molecule has 28 heavy (non-hydrogen) atoms. The molecule has 0 radical (unpaired) electrons. The fourth-order valence-electron chi connectivity index (χ4n) is 4.25. The monoisotopic (exact) mass is 388 g/mol. The summed E-state index contributed by atoms with van der Waals surface area (Å²) in [4.78, 5) is 26.4. The fraction of sp³-hybridized carbons (Fsp3) is 0.421. The lowest BCUT2D eigenvalue weighted by molar-refractivity contribution is -0.720. The Labute approximate surface area is 157 Å². The van der Waals surface area contributed by atoms with Crippen LogP contribution >= 0.6 is 0 Å². The summed E-state index contributed by atoms with van der Waals surface area (Å²) in [6.07, 6.45) is -1.04. The summed E-state index contributed by atoms with van der Waals surface area (Å²) in [6.45, 7) is 0. The number of rotatable bonds is 2. The van der Waals surface area contributed by atoms with Crippen molar-refractivity contribution in [3.63, 3.8) is 0 Å². The molecule has 6 nitrogen and oxygen atoms in total. The van der Waals surface area contributed by atoms with E-state index in [0.717, 1.165) is 31.4 Å². The topological polar surface area (TPSA) is 63.0 Å². The number of hydrogen-bond donors (Lipinski definition) is 0. The molecule has 2 aromatic rings. The lowest BCUT2D eigenvalue weighted by Crippen LogP contribution is -2.61. The molecule has 0 spiro atoms. The first-order valence-electron chi connectivity index (χ1n) is 9.18. The second-order valence-corrected chi connectivity index (χ2v) is 7.41. The van der Waals surface area contributed by atoms with Gasteiger partial charge in [0.25, 0.3) is 5.82 Å². The quantitative estimate of drug-likeness (QED) is 0.716. The van der Waals surface area contributed by atoms with Gasteiger partial charge in [0, 0.05) is 6.42 Å². The van der Waals surface area contributed by atoms with Gasteiger partial charge in [-0.25, -0.2) is 14.1 Å². The molecule has 0 N–H and O–H groups in total. The summed E-state index contributed by atoms with van der Waals surface area (Å²) in [7, 11) is 1.68. The van der Waals surface area contributed by atoms with Crippen molar-refractivity contribution in [2.45, 2.75) is 43.9 Å². The molecule has 3 heterocycles. The third-order valence-electron chi connectivity index (χ3n) is 5.64. The standard InChI is InChI=1S/C19H17F3N5O/c1-26-17(28)15-16(27-13-4-2-3-12(13)23-18(26)27)25-14(24-15)9-10-5-7-11(8-6-10)19(20,21)22/h5-8,12-13H,2-4,9H2,1H3/q+1/t12-,13+/m0/s1. The number of aliphatic imine (C=N–C) groups is 1. The molecule has 144 valence electrons. The van der Waals surface area contributed by atoms with Crippen LogP contribution in [0, 0.1) is 0 Å². The third kappa shape index (κ3) is 2.52. The van der Waals surface area contributed by atoms with E-state index in [0.29, 0.717) is 22.8 Å². The van der Waals surface area contributed by atoms with Crippen LogP contribution in [0.4, 0.5) is 19.0 Å². The van der Waals surface area contributed by atoms with Crippen LogP contribution in [0.15, 0.2) is 44.0 Å². The molecule has 9 heteroatoms. The van der Waals surface area contributed by atoms with Crippen molar-refractivity contribution in [3.05, 3.63) is 56.7 Å². The predicted octanol–water partition coefficient (Wildman–Crippen LogP) is 1.32. The highest BCUT2D eigenvalue weighted by Gasteiger charge is 2.42. The molecule has 0 unspecified atom stereocenters.